The van der Waals surface area contributed by atoms with E-state index in [1.165, 1.54) is 0 Å². The molecule has 0 spiro atoms. The quantitative estimate of drug-likeness (QED) is 0.899. The molecule has 2 aromatic rings. The van der Waals surface area contributed by atoms with Gasteiger partial charge in [0.25, 0.3) is 5.91 Å². The molecule has 0 aliphatic heterocycles. The number of anilines is 1. The molecule has 0 bridgehead atoms. The number of rotatable bonds is 4. The van der Waals surface area contributed by atoms with Crippen molar-refractivity contribution in [2.75, 3.05) is 19.0 Å². The summed E-state index contributed by atoms with van der Waals surface area (Å²) < 4.78 is 0. The predicted octanol–water partition coefficient (Wildman–Crippen LogP) is 2.85. The molecule has 0 atom stereocenters. The lowest BCUT2D eigenvalue weighted by molar-refractivity contribution is 0.0867. The zero-order chi connectivity index (χ0) is 17.8. The molecule has 132 valence electrons. The Balaban J connectivity index is 1.71. The Morgan fingerprint density at radius 1 is 1.08 bits per heavy atom. The van der Waals surface area contributed by atoms with E-state index in [9.17, 15) is 9.90 Å². The lowest BCUT2D eigenvalue weighted by Crippen LogP contribution is -2.38. The number of aliphatic hydroxyl groups is 1. The maximum atomic E-state index is 12.5. The molecule has 1 aliphatic rings. The van der Waals surface area contributed by atoms with Gasteiger partial charge in [-0.1, -0.05) is 12.1 Å². The summed E-state index contributed by atoms with van der Waals surface area (Å²) in [6.45, 7) is 0. The van der Waals surface area contributed by atoms with Crippen molar-refractivity contribution < 1.29 is 9.90 Å². The predicted molar refractivity (Wildman–Crippen MR) is 99.7 cm³/mol. The molecule has 1 aliphatic carbocycles. The minimum Gasteiger partial charge on any atom is -0.393 e. The van der Waals surface area contributed by atoms with E-state index in [-0.39, 0.29) is 18.1 Å². The van der Waals surface area contributed by atoms with Gasteiger partial charge in [-0.15, -0.1) is 0 Å². The third kappa shape index (κ3) is 4.37. The van der Waals surface area contributed by atoms with E-state index in [2.05, 4.69) is 22.4 Å². The van der Waals surface area contributed by atoms with Gasteiger partial charge in [-0.3, -0.25) is 9.78 Å². The van der Waals surface area contributed by atoms with Crippen molar-refractivity contribution in [1.82, 2.24) is 10.3 Å². The first-order valence-electron chi connectivity index (χ1n) is 8.74. The highest BCUT2D eigenvalue weighted by Gasteiger charge is 2.21. The standard InChI is InChI=1S/C20H25N3O2/c1-23(2)18-7-3-14(4-8-18)15-11-16(13-21-12-15)20(25)22-17-5-9-19(24)10-6-17/h3-4,7-8,11-13,17,19,24H,5-6,9-10H2,1-2H3,(H,22,25). The molecule has 0 saturated heterocycles. The molecule has 2 N–H and O–H groups in total. The topological polar surface area (TPSA) is 65.5 Å². The van der Waals surface area contributed by atoms with Crippen molar-refractivity contribution in [2.45, 2.75) is 37.8 Å². The fraction of sp³-hybridized carbons (Fsp3) is 0.400. The van der Waals surface area contributed by atoms with Crippen LogP contribution in [0.2, 0.25) is 0 Å². The van der Waals surface area contributed by atoms with E-state index < -0.39 is 0 Å². The normalized spacial score (nSPS) is 20.1. The summed E-state index contributed by atoms with van der Waals surface area (Å²) in [5, 5.41) is 12.6. The molecule has 5 nitrogen and oxygen atoms in total. The molecule has 1 saturated carbocycles. The van der Waals surface area contributed by atoms with Crippen molar-refractivity contribution in [3.8, 4) is 11.1 Å². The van der Waals surface area contributed by atoms with Gasteiger partial charge in [0.1, 0.15) is 0 Å². The van der Waals surface area contributed by atoms with Gasteiger partial charge in [-0.2, -0.15) is 0 Å². The number of benzene rings is 1. The van der Waals surface area contributed by atoms with E-state index in [0.29, 0.717) is 5.56 Å². The highest BCUT2D eigenvalue weighted by atomic mass is 16.3. The van der Waals surface area contributed by atoms with Gasteiger partial charge >= 0.3 is 0 Å². The summed E-state index contributed by atoms with van der Waals surface area (Å²) in [4.78, 5) is 18.8. The van der Waals surface area contributed by atoms with Gasteiger partial charge in [-0.05, 0) is 49.4 Å². The molecule has 1 heterocycles. The van der Waals surface area contributed by atoms with Crippen LogP contribution in [-0.4, -0.2) is 42.2 Å². The lowest BCUT2D eigenvalue weighted by atomic mass is 9.93. The fourth-order valence-electron chi connectivity index (χ4n) is 3.16. The Morgan fingerprint density at radius 2 is 1.76 bits per heavy atom. The van der Waals surface area contributed by atoms with Crippen LogP contribution >= 0.6 is 0 Å². The van der Waals surface area contributed by atoms with Crippen LogP contribution in [0.4, 0.5) is 5.69 Å². The third-order valence-electron chi connectivity index (χ3n) is 4.75. The SMILES string of the molecule is CN(C)c1ccc(-c2cncc(C(=O)NC3CCC(O)CC3)c2)cc1. The monoisotopic (exact) mass is 339 g/mol. The fourth-order valence-corrected chi connectivity index (χ4v) is 3.16. The first-order valence-corrected chi connectivity index (χ1v) is 8.74. The first-order chi connectivity index (χ1) is 12.0. The zero-order valence-corrected chi connectivity index (χ0v) is 14.8. The number of aliphatic hydroxyl groups excluding tert-OH is 1. The van der Waals surface area contributed by atoms with Crippen LogP contribution < -0.4 is 10.2 Å². The molecule has 1 fully saturated rings. The maximum absolute atomic E-state index is 12.5. The Hall–Kier alpha value is -2.40. The molecule has 1 aromatic heterocycles. The summed E-state index contributed by atoms with van der Waals surface area (Å²) in [6.07, 6.45) is 6.31. The van der Waals surface area contributed by atoms with Crippen LogP contribution in [-0.2, 0) is 0 Å². The third-order valence-corrected chi connectivity index (χ3v) is 4.75. The zero-order valence-electron chi connectivity index (χ0n) is 14.8. The number of hydrogen-bond donors (Lipinski definition) is 2. The smallest absolute Gasteiger partial charge is 0.253 e. The molecule has 0 radical (unpaired) electrons. The van der Waals surface area contributed by atoms with Crippen LogP contribution in [0.15, 0.2) is 42.7 Å². The van der Waals surface area contributed by atoms with Crippen LogP contribution in [0.25, 0.3) is 11.1 Å². The number of hydrogen-bond acceptors (Lipinski definition) is 4. The Kier molecular flexibility index (Phi) is 5.34. The minimum atomic E-state index is -0.219. The minimum absolute atomic E-state index is 0.0966. The largest absolute Gasteiger partial charge is 0.393 e. The highest BCUT2D eigenvalue weighted by molar-refractivity contribution is 5.95. The summed E-state index contributed by atoms with van der Waals surface area (Å²) in [5.41, 5.74) is 3.66. The number of carbonyl (C=O) groups is 1. The van der Waals surface area contributed by atoms with Gasteiger partial charge in [0.15, 0.2) is 0 Å². The van der Waals surface area contributed by atoms with Gasteiger partial charge in [0.2, 0.25) is 0 Å². The molecule has 3 rings (SSSR count). The number of pyridine rings is 1. The molecule has 0 unspecified atom stereocenters. The van der Waals surface area contributed by atoms with Gasteiger partial charge in [-0.25, -0.2) is 0 Å². The highest BCUT2D eigenvalue weighted by Crippen LogP contribution is 2.23. The second kappa shape index (κ2) is 7.66. The molecule has 25 heavy (non-hydrogen) atoms. The number of nitrogens with zero attached hydrogens (tertiary/aromatic N) is 2. The first kappa shape index (κ1) is 17.4. The number of nitrogens with one attached hydrogen (secondary N) is 1. The van der Waals surface area contributed by atoms with Crippen molar-refractivity contribution in [2.24, 2.45) is 0 Å². The van der Waals surface area contributed by atoms with Crippen LogP contribution in [0.1, 0.15) is 36.0 Å². The van der Waals surface area contributed by atoms with E-state index >= 15 is 0 Å². The molecule has 5 heteroatoms. The average Bonchev–Trinajstić information content (AvgIpc) is 2.64. The van der Waals surface area contributed by atoms with E-state index in [0.717, 1.165) is 42.5 Å². The van der Waals surface area contributed by atoms with Crippen LogP contribution in [0, 0.1) is 0 Å². The summed E-state index contributed by atoms with van der Waals surface area (Å²) in [6, 6.07) is 10.2. The summed E-state index contributed by atoms with van der Waals surface area (Å²) in [5.74, 6) is -0.0966. The van der Waals surface area contributed by atoms with Gasteiger partial charge in [0.05, 0.1) is 11.7 Å². The number of aromatic nitrogens is 1. The van der Waals surface area contributed by atoms with Crippen molar-refractivity contribution in [3.05, 3.63) is 48.3 Å². The second-order valence-corrected chi connectivity index (χ2v) is 6.88. The van der Waals surface area contributed by atoms with E-state index in [1.54, 1.807) is 12.4 Å². The van der Waals surface area contributed by atoms with Gasteiger partial charge in [0, 0.05) is 43.8 Å². The molecule has 1 aromatic carbocycles. The summed E-state index contributed by atoms with van der Waals surface area (Å²) in [7, 11) is 4.01. The second-order valence-electron chi connectivity index (χ2n) is 6.88. The van der Waals surface area contributed by atoms with Crippen molar-refractivity contribution >= 4 is 11.6 Å². The Bertz CT molecular complexity index is 720. The molecular weight excluding hydrogens is 314 g/mol. The van der Waals surface area contributed by atoms with Crippen molar-refractivity contribution in [3.63, 3.8) is 0 Å². The number of amides is 1. The maximum Gasteiger partial charge on any atom is 0.253 e. The average molecular weight is 339 g/mol. The van der Waals surface area contributed by atoms with E-state index in [4.69, 9.17) is 0 Å². The number of carbonyl (C=O) groups excluding carboxylic acids is 1. The Morgan fingerprint density at radius 3 is 2.40 bits per heavy atom. The van der Waals surface area contributed by atoms with Crippen molar-refractivity contribution in [1.29, 1.82) is 0 Å². The van der Waals surface area contributed by atoms with Crippen LogP contribution in [0.5, 0.6) is 0 Å². The van der Waals surface area contributed by atoms with Crippen LogP contribution in [0.3, 0.4) is 0 Å². The van der Waals surface area contributed by atoms with E-state index in [1.807, 2.05) is 37.2 Å². The lowest BCUT2D eigenvalue weighted by Gasteiger charge is -2.26. The molecule has 1 amide bonds. The van der Waals surface area contributed by atoms with Gasteiger partial charge < -0.3 is 15.3 Å². The molecular formula is C20H25N3O2. The Labute approximate surface area is 148 Å². The summed E-state index contributed by atoms with van der Waals surface area (Å²) >= 11 is 0.